The van der Waals surface area contributed by atoms with Crippen LogP contribution in [0.2, 0.25) is 0 Å². The monoisotopic (exact) mass is 256 g/mol. The molecule has 0 aromatic heterocycles. The predicted octanol–water partition coefficient (Wildman–Crippen LogP) is 2.39. The molecule has 0 saturated carbocycles. The van der Waals surface area contributed by atoms with Gasteiger partial charge in [-0.3, -0.25) is 0 Å². The van der Waals surface area contributed by atoms with E-state index >= 15 is 0 Å². The van der Waals surface area contributed by atoms with E-state index in [0.29, 0.717) is 17.9 Å². The molecule has 0 amide bonds. The molecular formula is C13H17FO4. The molecular weight excluding hydrogens is 239 g/mol. The Balaban J connectivity index is 2.44. The quantitative estimate of drug-likeness (QED) is 0.813. The van der Waals surface area contributed by atoms with Crippen LogP contribution >= 0.6 is 0 Å². The summed E-state index contributed by atoms with van der Waals surface area (Å²) >= 11 is 0. The van der Waals surface area contributed by atoms with Crippen LogP contribution in [0.25, 0.3) is 0 Å². The van der Waals surface area contributed by atoms with Gasteiger partial charge in [-0.25, -0.2) is 9.18 Å². The van der Waals surface area contributed by atoms with Crippen molar-refractivity contribution in [2.24, 2.45) is 0 Å². The van der Waals surface area contributed by atoms with Crippen molar-refractivity contribution < 1.29 is 23.8 Å². The third-order valence-corrected chi connectivity index (χ3v) is 2.44. The predicted molar refractivity (Wildman–Crippen MR) is 64.3 cm³/mol. The van der Waals surface area contributed by atoms with Gasteiger partial charge in [0.2, 0.25) is 0 Å². The number of carbonyl (C=O) groups is 1. The fraction of sp³-hybridized carbons (Fsp3) is 0.462. The highest BCUT2D eigenvalue weighted by Gasteiger charge is 2.17. The number of aryl methyl sites for hydroxylation is 1. The third kappa shape index (κ3) is 4.33. The van der Waals surface area contributed by atoms with Crippen molar-refractivity contribution in [1.82, 2.24) is 0 Å². The lowest BCUT2D eigenvalue weighted by atomic mass is 10.2. The molecule has 0 saturated heterocycles. The van der Waals surface area contributed by atoms with Crippen molar-refractivity contribution in [2.75, 3.05) is 13.2 Å². The summed E-state index contributed by atoms with van der Waals surface area (Å²) in [5.74, 6) is -0.971. The maximum Gasteiger partial charge on any atom is 0.332 e. The average Bonchev–Trinajstić information content (AvgIpc) is 2.32. The molecule has 1 N–H and O–H groups in total. The summed E-state index contributed by atoms with van der Waals surface area (Å²) < 4.78 is 23.5. The van der Waals surface area contributed by atoms with E-state index in [-0.39, 0.29) is 18.8 Å². The number of carboxylic acids is 1. The lowest BCUT2D eigenvalue weighted by molar-refractivity contribution is -0.150. The van der Waals surface area contributed by atoms with E-state index in [1.165, 1.54) is 6.07 Å². The van der Waals surface area contributed by atoms with Crippen LogP contribution in [0.1, 0.15) is 18.9 Å². The number of hydrogen-bond acceptors (Lipinski definition) is 3. The van der Waals surface area contributed by atoms with Crippen LogP contribution in [0, 0.1) is 12.7 Å². The van der Waals surface area contributed by atoms with Gasteiger partial charge in [-0.1, -0.05) is 6.07 Å². The molecule has 1 aromatic carbocycles. The average molecular weight is 256 g/mol. The second-order valence-corrected chi connectivity index (χ2v) is 3.83. The van der Waals surface area contributed by atoms with E-state index in [1.54, 1.807) is 26.0 Å². The lowest BCUT2D eigenvalue weighted by Gasteiger charge is -2.13. The Labute approximate surface area is 105 Å². The number of halogens is 1. The summed E-state index contributed by atoms with van der Waals surface area (Å²) in [4.78, 5) is 10.8. The van der Waals surface area contributed by atoms with Gasteiger partial charge in [0.15, 0.2) is 6.10 Å². The first-order chi connectivity index (χ1) is 8.54. The van der Waals surface area contributed by atoms with Gasteiger partial charge in [0, 0.05) is 19.1 Å². The van der Waals surface area contributed by atoms with Crippen LogP contribution in [0.15, 0.2) is 18.2 Å². The van der Waals surface area contributed by atoms with Crippen molar-refractivity contribution in [3.05, 3.63) is 29.6 Å². The Morgan fingerprint density at radius 2 is 2.22 bits per heavy atom. The Morgan fingerprint density at radius 1 is 1.50 bits per heavy atom. The van der Waals surface area contributed by atoms with E-state index in [9.17, 15) is 9.18 Å². The molecule has 1 aromatic rings. The summed E-state index contributed by atoms with van der Waals surface area (Å²) in [6.07, 6.45) is -0.663. The van der Waals surface area contributed by atoms with Crippen molar-refractivity contribution >= 4 is 5.97 Å². The largest absolute Gasteiger partial charge is 0.493 e. The molecule has 1 rings (SSSR count). The van der Waals surface area contributed by atoms with Gasteiger partial charge >= 0.3 is 5.97 Å². The summed E-state index contributed by atoms with van der Waals surface area (Å²) in [5, 5.41) is 8.84. The molecule has 0 radical (unpaired) electrons. The van der Waals surface area contributed by atoms with E-state index in [1.807, 2.05) is 0 Å². The van der Waals surface area contributed by atoms with Crippen LogP contribution in [0.4, 0.5) is 4.39 Å². The molecule has 18 heavy (non-hydrogen) atoms. The van der Waals surface area contributed by atoms with E-state index in [2.05, 4.69) is 0 Å². The van der Waals surface area contributed by atoms with Gasteiger partial charge in [-0.05, 0) is 25.5 Å². The Hall–Kier alpha value is -1.62. The van der Waals surface area contributed by atoms with E-state index in [0.717, 1.165) is 0 Å². The number of hydrogen-bond donors (Lipinski definition) is 1. The van der Waals surface area contributed by atoms with Crippen molar-refractivity contribution in [3.8, 4) is 5.75 Å². The Kier molecular flexibility index (Phi) is 5.58. The molecule has 0 aliphatic carbocycles. The molecule has 100 valence electrons. The van der Waals surface area contributed by atoms with Gasteiger partial charge in [0.25, 0.3) is 0 Å². The molecule has 1 atom stereocenters. The third-order valence-electron chi connectivity index (χ3n) is 2.44. The number of rotatable bonds is 7. The van der Waals surface area contributed by atoms with E-state index in [4.69, 9.17) is 14.6 Å². The first-order valence-corrected chi connectivity index (χ1v) is 5.78. The first-order valence-electron chi connectivity index (χ1n) is 5.78. The Bertz CT molecular complexity index is 406. The normalized spacial score (nSPS) is 12.2. The summed E-state index contributed by atoms with van der Waals surface area (Å²) in [7, 11) is 0. The highest BCUT2D eigenvalue weighted by molar-refractivity contribution is 5.72. The fourth-order valence-corrected chi connectivity index (χ4v) is 1.43. The minimum absolute atomic E-state index is 0.166. The SMILES string of the molecule is CCOC(CCOc1ccc(C)c(F)c1)C(=O)O. The van der Waals surface area contributed by atoms with Crippen molar-refractivity contribution in [3.63, 3.8) is 0 Å². The Morgan fingerprint density at radius 3 is 2.78 bits per heavy atom. The highest BCUT2D eigenvalue weighted by Crippen LogP contribution is 2.16. The van der Waals surface area contributed by atoms with E-state index < -0.39 is 12.1 Å². The van der Waals surface area contributed by atoms with Crippen LogP contribution < -0.4 is 4.74 Å². The van der Waals surface area contributed by atoms with Crippen molar-refractivity contribution in [1.29, 1.82) is 0 Å². The van der Waals surface area contributed by atoms with Crippen LogP contribution in [0.3, 0.4) is 0 Å². The topological polar surface area (TPSA) is 55.8 Å². The number of ether oxygens (including phenoxy) is 2. The van der Waals surface area contributed by atoms with Gasteiger partial charge < -0.3 is 14.6 Å². The molecule has 0 aliphatic heterocycles. The number of aliphatic carboxylic acids is 1. The van der Waals surface area contributed by atoms with Gasteiger partial charge in [-0.15, -0.1) is 0 Å². The zero-order chi connectivity index (χ0) is 13.5. The molecule has 5 heteroatoms. The second kappa shape index (κ2) is 6.96. The molecule has 0 spiro atoms. The smallest absolute Gasteiger partial charge is 0.332 e. The summed E-state index contributed by atoms with van der Waals surface area (Å²) in [6.45, 7) is 3.89. The summed E-state index contributed by atoms with van der Waals surface area (Å²) in [5.41, 5.74) is 0.542. The highest BCUT2D eigenvalue weighted by atomic mass is 19.1. The van der Waals surface area contributed by atoms with Gasteiger partial charge in [0.05, 0.1) is 6.61 Å². The van der Waals surface area contributed by atoms with Crippen molar-refractivity contribution in [2.45, 2.75) is 26.4 Å². The zero-order valence-corrected chi connectivity index (χ0v) is 10.5. The molecule has 0 bridgehead atoms. The standard InChI is InChI=1S/C13H17FO4/c1-3-17-12(13(15)16)6-7-18-10-5-4-9(2)11(14)8-10/h4-5,8,12H,3,6-7H2,1-2H3,(H,15,16). The summed E-state index contributed by atoms with van der Waals surface area (Å²) in [6, 6.07) is 4.54. The van der Waals surface area contributed by atoms with Crippen LogP contribution in [-0.4, -0.2) is 30.4 Å². The molecule has 0 aliphatic rings. The first kappa shape index (κ1) is 14.4. The second-order valence-electron chi connectivity index (χ2n) is 3.83. The fourth-order valence-electron chi connectivity index (χ4n) is 1.43. The molecule has 1 unspecified atom stereocenters. The zero-order valence-electron chi connectivity index (χ0n) is 10.5. The maximum absolute atomic E-state index is 13.2. The lowest BCUT2D eigenvalue weighted by Crippen LogP contribution is -2.26. The minimum atomic E-state index is -1.02. The number of benzene rings is 1. The van der Waals surface area contributed by atoms with Crippen LogP contribution in [-0.2, 0) is 9.53 Å². The molecule has 0 fully saturated rings. The molecule has 0 heterocycles. The molecule has 4 nitrogen and oxygen atoms in total. The van der Waals surface area contributed by atoms with Crippen LogP contribution in [0.5, 0.6) is 5.75 Å². The number of carboxylic acid groups (broad SMARTS) is 1. The minimum Gasteiger partial charge on any atom is -0.493 e. The maximum atomic E-state index is 13.2. The van der Waals surface area contributed by atoms with Gasteiger partial charge in [-0.2, -0.15) is 0 Å². The van der Waals surface area contributed by atoms with Gasteiger partial charge in [0.1, 0.15) is 11.6 Å².